The summed E-state index contributed by atoms with van der Waals surface area (Å²) in [5, 5.41) is 0. The molecule has 1 unspecified atom stereocenters. The fourth-order valence-electron chi connectivity index (χ4n) is 2.86. The summed E-state index contributed by atoms with van der Waals surface area (Å²) < 4.78 is 22.9. The third kappa shape index (κ3) is 3.65. The number of rotatable bonds is 5. The Morgan fingerprint density at radius 2 is 2.27 bits per heavy atom. The van der Waals surface area contributed by atoms with Crippen LogP contribution in [0.4, 0.5) is 11.8 Å². The molecule has 1 aliphatic heterocycles. The summed E-state index contributed by atoms with van der Waals surface area (Å²) in [7, 11) is -0.960. The molecule has 3 heterocycles. The summed E-state index contributed by atoms with van der Waals surface area (Å²) in [4.78, 5) is 32.2. The van der Waals surface area contributed by atoms with Crippen molar-refractivity contribution in [3.8, 4) is 12.3 Å². The molecule has 3 rings (SSSR count). The van der Waals surface area contributed by atoms with Gasteiger partial charge in [0.2, 0.25) is 5.95 Å². The largest absolute Gasteiger partial charge is 0.469 e. The van der Waals surface area contributed by atoms with Gasteiger partial charge >= 0.3 is 7.82 Å². The molecule has 2 aromatic heterocycles. The summed E-state index contributed by atoms with van der Waals surface area (Å²) in [6.45, 7) is -0.272. The number of ether oxygens (including phenoxy) is 1. The molecule has 0 bridgehead atoms. The van der Waals surface area contributed by atoms with Gasteiger partial charge in [-0.1, -0.05) is 5.92 Å². The molecule has 1 aliphatic rings. The maximum atomic E-state index is 10.9. The van der Waals surface area contributed by atoms with Crippen LogP contribution in [0.5, 0.6) is 0 Å². The van der Waals surface area contributed by atoms with Gasteiger partial charge in [0.1, 0.15) is 0 Å². The molecule has 3 atom stereocenters. The van der Waals surface area contributed by atoms with Crippen molar-refractivity contribution < 1.29 is 23.6 Å². The average Bonchev–Trinajstić information content (AvgIpc) is 3.14. The van der Waals surface area contributed by atoms with Crippen LogP contribution >= 0.6 is 7.82 Å². The summed E-state index contributed by atoms with van der Waals surface area (Å²) in [6.07, 6.45) is 6.33. The van der Waals surface area contributed by atoms with Gasteiger partial charge in [0, 0.05) is 14.1 Å². The lowest BCUT2D eigenvalue weighted by molar-refractivity contribution is -0.0259. The Balaban J connectivity index is 1.93. The van der Waals surface area contributed by atoms with Gasteiger partial charge < -0.3 is 25.2 Å². The van der Waals surface area contributed by atoms with E-state index in [9.17, 15) is 4.57 Å². The van der Waals surface area contributed by atoms with Crippen molar-refractivity contribution in [1.82, 2.24) is 19.5 Å². The van der Waals surface area contributed by atoms with Gasteiger partial charge in [0.15, 0.2) is 23.2 Å². The van der Waals surface area contributed by atoms with Gasteiger partial charge in [-0.05, 0) is 6.42 Å². The number of terminal acetylenes is 1. The van der Waals surface area contributed by atoms with E-state index in [1.807, 2.05) is 14.1 Å². The fraction of sp³-hybridized carbons (Fsp3) is 0.500. The molecule has 140 valence electrons. The summed E-state index contributed by atoms with van der Waals surface area (Å²) in [5.41, 5.74) is 6.80. The van der Waals surface area contributed by atoms with E-state index in [0.717, 1.165) is 0 Å². The lowest BCUT2D eigenvalue weighted by Gasteiger charge is -2.18. The quantitative estimate of drug-likeness (QED) is 0.481. The Morgan fingerprint density at radius 1 is 1.54 bits per heavy atom. The van der Waals surface area contributed by atoms with Gasteiger partial charge in [-0.3, -0.25) is 9.09 Å². The Kier molecular flexibility index (Phi) is 4.88. The van der Waals surface area contributed by atoms with Crippen molar-refractivity contribution in [2.24, 2.45) is 5.92 Å². The Hall–Kier alpha value is -2.22. The van der Waals surface area contributed by atoms with Crippen LogP contribution in [0, 0.1) is 18.3 Å². The zero-order valence-corrected chi connectivity index (χ0v) is 15.1. The Morgan fingerprint density at radius 3 is 2.88 bits per heavy atom. The first-order chi connectivity index (χ1) is 12.2. The molecule has 1 saturated heterocycles. The summed E-state index contributed by atoms with van der Waals surface area (Å²) in [5.74, 6) is 2.93. The molecule has 0 aliphatic carbocycles. The van der Waals surface area contributed by atoms with E-state index in [1.54, 1.807) is 9.47 Å². The Labute approximate surface area is 149 Å². The number of imidazole rings is 1. The zero-order valence-electron chi connectivity index (χ0n) is 14.2. The standard InChI is InChI=1S/C14H19N6O5P/c1-4-8-5-9(6-24-26(21,22)23)25-13(8)20-7-16-10-11(19(2)3)17-14(15)18-12(10)20/h1,7-9,13H,5-6H2,2-3H3,(H2,15,17,18)(H2,21,22,23)/t8?,9-,13+/m0/s1. The maximum absolute atomic E-state index is 10.9. The molecular formula is C14H19N6O5P. The third-order valence-electron chi connectivity index (χ3n) is 3.95. The number of anilines is 2. The molecule has 26 heavy (non-hydrogen) atoms. The van der Waals surface area contributed by atoms with Gasteiger partial charge in [-0.2, -0.15) is 9.97 Å². The van der Waals surface area contributed by atoms with Crippen molar-refractivity contribution >= 4 is 30.8 Å². The topological polar surface area (TPSA) is 149 Å². The van der Waals surface area contributed by atoms with E-state index in [2.05, 4.69) is 25.4 Å². The normalized spacial score (nSPS) is 23.3. The van der Waals surface area contributed by atoms with Crippen molar-refractivity contribution in [1.29, 1.82) is 0 Å². The minimum absolute atomic E-state index is 0.0830. The zero-order chi connectivity index (χ0) is 19.1. The first-order valence-corrected chi connectivity index (χ1v) is 9.21. The van der Waals surface area contributed by atoms with Crippen LogP contribution in [0.2, 0.25) is 0 Å². The predicted molar refractivity (Wildman–Crippen MR) is 92.9 cm³/mol. The number of nitrogens with two attached hydrogens (primary N) is 1. The minimum atomic E-state index is -4.58. The van der Waals surface area contributed by atoms with E-state index in [-0.39, 0.29) is 18.5 Å². The number of phosphoric acid groups is 1. The van der Waals surface area contributed by atoms with Crippen molar-refractivity contribution in [2.45, 2.75) is 18.8 Å². The van der Waals surface area contributed by atoms with Crippen LogP contribution in [0.3, 0.4) is 0 Å². The molecule has 12 heteroatoms. The van der Waals surface area contributed by atoms with Crippen LogP contribution in [-0.4, -0.2) is 56.1 Å². The maximum Gasteiger partial charge on any atom is 0.469 e. The van der Waals surface area contributed by atoms with Gasteiger partial charge in [-0.25, -0.2) is 9.55 Å². The highest BCUT2D eigenvalue weighted by Gasteiger charge is 2.37. The van der Waals surface area contributed by atoms with Gasteiger partial charge in [-0.15, -0.1) is 6.42 Å². The predicted octanol–water partition coefficient (Wildman–Crippen LogP) is 0.121. The van der Waals surface area contributed by atoms with Crippen LogP contribution in [0.25, 0.3) is 11.2 Å². The number of fused-ring (bicyclic) bond motifs is 1. The molecule has 1 fully saturated rings. The van der Waals surface area contributed by atoms with Gasteiger partial charge in [0.25, 0.3) is 0 Å². The SMILES string of the molecule is C#CC1C[C@@H](COP(=O)(O)O)O[C@H]1n1cnc2c(N(C)C)nc(N)nc21. The molecular weight excluding hydrogens is 363 g/mol. The van der Waals surface area contributed by atoms with Gasteiger partial charge in [0.05, 0.1) is 25.0 Å². The molecule has 0 radical (unpaired) electrons. The minimum Gasteiger partial charge on any atom is -0.368 e. The van der Waals surface area contributed by atoms with Crippen LogP contribution in [0.1, 0.15) is 12.6 Å². The fourth-order valence-corrected chi connectivity index (χ4v) is 3.22. The van der Waals surface area contributed by atoms with E-state index in [4.69, 9.17) is 26.7 Å². The van der Waals surface area contributed by atoms with E-state index in [0.29, 0.717) is 23.4 Å². The monoisotopic (exact) mass is 382 g/mol. The Bertz CT molecular complexity index is 903. The highest BCUT2D eigenvalue weighted by Crippen LogP contribution is 2.40. The smallest absolute Gasteiger partial charge is 0.368 e. The average molecular weight is 382 g/mol. The van der Waals surface area contributed by atoms with Crippen LogP contribution in [-0.2, 0) is 13.8 Å². The van der Waals surface area contributed by atoms with Crippen molar-refractivity contribution in [2.75, 3.05) is 31.3 Å². The number of hydrogen-bond acceptors (Lipinski definition) is 8. The summed E-state index contributed by atoms with van der Waals surface area (Å²) >= 11 is 0. The second-order valence-electron chi connectivity index (χ2n) is 6.07. The molecule has 0 aromatic carbocycles. The molecule has 2 aromatic rings. The second kappa shape index (κ2) is 6.83. The van der Waals surface area contributed by atoms with Crippen molar-refractivity contribution in [3.05, 3.63) is 6.33 Å². The number of nitrogen functional groups attached to an aromatic ring is 1. The lowest BCUT2D eigenvalue weighted by Crippen LogP contribution is -2.18. The third-order valence-corrected chi connectivity index (χ3v) is 4.44. The molecule has 0 spiro atoms. The lowest BCUT2D eigenvalue weighted by atomic mass is 10.0. The first-order valence-electron chi connectivity index (χ1n) is 7.68. The van der Waals surface area contributed by atoms with Crippen LogP contribution < -0.4 is 10.6 Å². The summed E-state index contributed by atoms with van der Waals surface area (Å²) in [6, 6.07) is 0. The molecule has 0 amide bonds. The number of aromatic nitrogens is 4. The molecule has 11 nitrogen and oxygen atoms in total. The van der Waals surface area contributed by atoms with Crippen LogP contribution in [0.15, 0.2) is 6.33 Å². The van der Waals surface area contributed by atoms with E-state index < -0.39 is 20.2 Å². The number of hydrogen-bond donors (Lipinski definition) is 3. The highest BCUT2D eigenvalue weighted by atomic mass is 31.2. The van der Waals surface area contributed by atoms with E-state index in [1.165, 1.54) is 6.33 Å². The molecule has 0 saturated carbocycles. The highest BCUT2D eigenvalue weighted by molar-refractivity contribution is 7.46. The van der Waals surface area contributed by atoms with E-state index >= 15 is 0 Å². The first kappa shape index (κ1) is 18.6. The number of nitrogens with zero attached hydrogens (tertiary/aromatic N) is 5. The van der Waals surface area contributed by atoms with Crippen molar-refractivity contribution in [3.63, 3.8) is 0 Å². The molecule has 4 N–H and O–H groups in total. The second-order valence-corrected chi connectivity index (χ2v) is 7.31. The number of phosphoric ester groups is 1.